The fourth-order valence-corrected chi connectivity index (χ4v) is 3.67. The zero-order valence-electron chi connectivity index (χ0n) is 15.7. The van der Waals surface area contributed by atoms with Gasteiger partial charge in [-0.05, 0) is 26.2 Å². The number of benzene rings is 1. The van der Waals surface area contributed by atoms with Crippen molar-refractivity contribution in [2.45, 2.75) is 46.1 Å². The summed E-state index contributed by atoms with van der Waals surface area (Å²) < 4.78 is 0. The minimum atomic E-state index is -0.360. The van der Waals surface area contributed by atoms with E-state index in [2.05, 4.69) is 55.3 Å². The highest BCUT2D eigenvalue weighted by Gasteiger charge is 2.26. The number of nitrogens with two attached hydrogens (primary N) is 1. The van der Waals surface area contributed by atoms with Gasteiger partial charge in [-0.2, -0.15) is 0 Å². The number of nitrogens with one attached hydrogen (secondary N) is 1. The Morgan fingerprint density at radius 2 is 1.88 bits per heavy atom. The lowest BCUT2D eigenvalue weighted by atomic mass is 9.90. The predicted octanol–water partition coefficient (Wildman–Crippen LogP) is 4.38. The maximum Gasteiger partial charge on any atom is 0.226 e. The van der Waals surface area contributed by atoms with E-state index in [0.29, 0.717) is 12.5 Å². The van der Waals surface area contributed by atoms with Gasteiger partial charge in [-0.25, -0.2) is 4.98 Å². The Morgan fingerprint density at radius 1 is 1.27 bits per heavy atom. The zero-order chi connectivity index (χ0) is 17.7. The molecule has 7 heteroatoms. The Kier molecular flexibility index (Phi) is 10.4. The number of carbonyl (C=O) groups excluding carboxylic acids is 1. The first kappa shape index (κ1) is 24.9. The van der Waals surface area contributed by atoms with Crippen LogP contribution in [0.15, 0.2) is 29.6 Å². The molecule has 1 unspecified atom stereocenters. The molecule has 2 aromatic rings. The van der Waals surface area contributed by atoms with Crippen LogP contribution >= 0.6 is 36.2 Å². The van der Waals surface area contributed by atoms with E-state index >= 15 is 0 Å². The molecule has 0 spiro atoms. The first-order valence-corrected chi connectivity index (χ1v) is 9.22. The zero-order valence-corrected chi connectivity index (χ0v) is 18.2. The number of aromatic nitrogens is 1. The van der Waals surface area contributed by atoms with Crippen molar-refractivity contribution in [3.05, 3.63) is 40.9 Å². The first-order valence-electron chi connectivity index (χ1n) is 8.34. The highest BCUT2D eigenvalue weighted by molar-refractivity contribution is 7.13. The molecule has 1 heterocycles. The van der Waals surface area contributed by atoms with E-state index in [4.69, 9.17) is 5.73 Å². The van der Waals surface area contributed by atoms with Crippen LogP contribution in [-0.2, 0) is 11.2 Å². The Balaban J connectivity index is 0.00000312. The van der Waals surface area contributed by atoms with Crippen molar-refractivity contribution in [1.82, 2.24) is 10.3 Å². The number of thiazole rings is 1. The average Bonchev–Trinajstić information content (AvgIpc) is 2.95. The number of aryl methyl sites for hydroxylation is 1. The summed E-state index contributed by atoms with van der Waals surface area (Å²) in [6, 6.07) is 8.27. The summed E-state index contributed by atoms with van der Waals surface area (Å²) >= 11 is 1.57. The van der Waals surface area contributed by atoms with Crippen molar-refractivity contribution >= 4 is 42.1 Å². The molecule has 26 heavy (non-hydrogen) atoms. The van der Waals surface area contributed by atoms with E-state index in [1.54, 1.807) is 11.3 Å². The molecule has 0 aliphatic rings. The number of nitrogens with zero attached hydrogens (tertiary/aromatic N) is 1. The fourth-order valence-electron chi connectivity index (χ4n) is 2.85. The number of hydrogen-bond acceptors (Lipinski definition) is 4. The Hall–Kier alpha value is -1.14. The van der Waals surface area contributed by atoms with Crippen molar-refractivity contribution in [2.24, 2.45) is 11.7 Å². The molecule has 1 aromatic heterocycles. The first-order chi connectivity index (χ1) is 11.3. The molecule has 1 amide bonds. The molecular weight excluding hydrogens is 389 g/mol. The van der Waals surface area contributed by atoms with Crippen LogP contribution in [0.25, 0.3) is 10.6 Å². The number of hydrogen-bond donors (Lipinski definition) is 2. The van der Waals surface area contributed by atoms with Gasteiger partial charge in [0.1, 0.15) is 5.01 Å². The molecular formula is C19H29Cl2N3OS. The summed E-state index contributed by atoms with van der Waals surface area (Å²) in [5.41, 5.74) is 8.61. The summed E-state index contributed by atoms with van der Waals surface area (Å²) in [4.78, 5) is 17.0. The van der Waals surface area contributed by atoms with Crippen molar-refractivity contribution in [1.29, 1.82) is 0 Å². The predicted molar refractivity (Wildman–Crippen MR) is 116 cm³/mol. The minimum absolute atomic E-state index is 0. The maximum absolute atomic E-state index is 12.4. The Labute approximate surface area is 172 Å². The monoisotopic (exact) mass is 417 g/mol. The van der Waals surface area contributed by atoms with Gasteiger partial charge in [0.15, 0.2) is 0 Å². The highest BCUT2D eigenvalue weighted by atomic mass is 35.5. The normalized spacial score (nSPS) is 12.7. The second kappa shape index (κ2) is 10.9. The van der Waals surface area contributed by atoms with Crippen molar-refractivity contribution in [2.75, 3.05) is 6.54 Å². The van der Waals surface area contributed by atoms with Crippen LogP contribution in [0.1, 0.15) is 38.4 Å². The second-order valence-corrected chi connectivity index (χ2v) is 7.96. The average molecular weight is 418 g/mol. The van der Waals surface area contributed by atoms with Crippen LogP contribution in [-0.4, -0.2) is 23.0 Å². The van der Waals surface area contributed by atoms with E-state index in [-0.39, 0.29) is 42.7 Å². The van der Waals surface area contributed by atoms with Gasteiger partial charge in [-0.3, -0.25) is 4.79 Å². The fraction of sp³-hybridized carbons (Fsp3) is 0.474. The quantitative estimate of drug-likeness (QED) is 0.701. The van der Waals surface area contributed by atoms with Crippen molar-refractivity contribution < 1.29 is 4.79 Å². The highest BCUT2D eigenvalue weighted by Crippen LogP contribution is 2.24. The summed E-state index contributed by atoms with van der Waals surface area (Å²) in [5, 5.41) is 5.98. The number of halogens is 2. The lowest BCUT2D eigenvalue weighted by Gasteiger charge is -2.31. The van der Waals surface area contributed by atoms with Gasteiger partial charge in [0.2, 0.25) is 5.91 Å². The van der Waals surface area contributed by atoms with Gasteiger partial charge in [0.25, 0.3) is 0 Å². The largest absolute Gasteiger partial charge is 0.349 e. The van der Waals surface area contributed by atoms with Crippen LogP contribution in [0.5, 0.6) is 0 Å². The molecule has 0 fully saturated rings. The third-order valence-corrected chi connectivity index (χ3v) is 4.88. The summed E-state index contributed by atoms with van der Waals surface area (Å²) in [7, 11) is 0. The summed E-state index contributed by atoms with van der Waals surface area (Å²) in [5.74, 6) is 0.454. The van der Waals surface area contributed by atoms with E-state index < -0.39 is 0 Å². The van der Waals surface area contributed by atoms with E-state index in [1.807, 2.05) is 12.3 Å². The lowest BCUT2D eigenvalue weighted by Crippen LogP contribution is -2.52. The van der Waals surface area contributed by atoms with Gasteiger partial charge in [-0.1, -0.05) is 43.7 Å². The third-order valence-electron chi connectivity index (χ3n) is 3.94. The standard InChI is InChI=1S/C19H27N3OS.2ClH/c1-13(2)10-19(4,12-20)22-17(23)9-16-11-24-18(21-16)15-7-5-14(3)6-8-15;;/h5-8,11,13H,9-10,12,20H2,1-4H3,(H,22,23);2*1H. The van der Waals surface area contributed by atoms with Crippen LogP contribution < -0.4 is 11.1 Å². The second-order valence-electron chi connectivity index (χ2n) is 7.10. The topological polar surface area (TPSA) is 68.0 Å². The van der Waals surface area contributed by atoms with E-state index in [0.717, 1.165) is 22.7 Å². The lowest BCUT2D eigenvalue weighted by molar-refractivity contribution is -0.122. The number of rotatable bonds is 7. The Bertz CT molecular complexity index is 688. The summed E-state index contributed by atoms with van der Waals surface area (Å²) in [6.45, 7) is 8.77. The van der Waals surface area contributed by atoms with Crippen LogP contribution in [0, 0.1) is 12.8 Å². The molecule has 3 N–H and O–H groups in total. The van der Waals surface area contributed by atoms with Crippen molar-refractivity contribution in [3.63, 3.8) is 0 Å². The molecule has 1 aromatic carbocycles. The third kappa shape index (κ3) is 7.23. The van der Waals surface area contributed by atoms with Gasteiger partial charge in [0.05, 0.1) is 12.1 Å². The minimum Gasteiger partial charge on any atom is -0.349 e. The maximum atomic E-state index is 12.4. The number of carbonyl (C=O) groups is 1. The van der Waals surface area contributed by atoms with Crippen LogP contribution in [0.2, 0.25) is 0 Å². The molecule has 0 saturated heterocycles. The van der Waals surface area contributed by atoms with E-state index in [1.165, 1.54) is 5.56 Å². The Morgan fingerprint density at radius 3 is 2.42 bits per heavy atom. The van der Waals surface area contributed by atoms with Crippen molar-refractivity contribution in [3.8, 4) is 10.6 Å². The van der Waals surface area contributed by atoms with Gasteiger partial charge >= 0.3 is 0 Å². The molecule has 146 valence electrons. The van der Waals surface area contributed by atoms with E-state index in [9.17, 15) is 4.79 Å². The van der Waals surface area contributed by atoms with Gasteiger partial charge in [0, 0.05) is 23.0 Å². The molecule has 1 atom stereocenters. The molecule has 0 bridgehead atoms. The number of amides is 1. The molecule has 0 radical (unpaired) electrons. The van der Waals surface area contributed by atoms with Crippen LogP contribution in [0.4, 0.5) is 0 Å². The van der Waals surface area contributed by atoms with Gasteiger partial charge in [-0.15, -0.1) is 36.2 Å². The molecule has 0 aliphatic heterocycles. The van der Waals surface area contributed by atoms with Crippen LogP contribution in [0.3, 0.4) is 0 Å². The summed E-state index contributed by atoms with van der Waals surface area (Å²) in [6.07, 6.45) is 1.15. The molecule has 4 nitrogen and oxygen atoms in total. The molecule has 2 rings (SSSR count). The van der Waals surface area contributed by atoms with Gasteiger partial charge < -0.3 is 11.1 Å². The SMILES string of the molecule is Cc1ccc(-c2nc(CC(=O)NC(C)(CN)CC(C)C)cs2)cc1.Cl.Cl. The smallest absolute Gasteiger partial charge is 0.226 e. The molecule has 0 saturated carbocycles. The molecule has 0 aliphatic carbocycles.